The minimum absolute atomic E-state index is 0.410. The minimum atomic E-state index is 0.410. The van der Waals surface area contributed by atoms with E-state index in [2.05, 4.69) is 34.3 Å². The van der Waals surface area contributed by atoms with E-state index in [1.165, 1.54) is 0 Å². The molecule has 0 atom stereocenters. The Kier molecular flexibility index (Phi) is 4.68. The first-order chi connectivity index (χ1) is 9.19. The Bertz CT molecular complexity index is 527. The molecule has 0 saturated carbocycles. The van der Waals surface area contributed by atoms with E-state index in [1.54, 1.807) is 11.3 Å². The summed E-state index contributed by atoms with van der Waals surface area (Å²) in [6.45, 7) is 7.40. The average Bonchev–Trinajstić information content (AvgIpc) is 2.86. The molecule has 0 amide bonds. The van der Waals surface area contributed by atoms with Crippen LogP contribution in [0, 0.1) is 0 Å². The van der Waals surface area contributed by atoms with Gasteiger partial charge in [0.05, 0.1) is 18.8 Å². The van der Waals surface area contributed by atoms with Gasteiger partial charge in [0.2, 0.25) is 11.0 Å². The van der Waals surface area contributed by atoms with Crippen LogP contribution in [0.4, 0.5) is 5.13 Å². The van der Waals surface area contributed by atoms with E-state index in [0.29, 0.717) is 24.9 Å². The molecule has 102 valence electrons. The van der Waals surface area contributed by atoms with Gasteiger partial charge in [0.15, 0.2) is 0 Å². The zero-order valence-electron chi connectivity index (χ0n) is 11.4. The fourth-order valence-electron chi connectivity index (χ4n) is 1.49. The zero-order valence-corrected chi connectivity index (χ0v) is 12.2. The average molecular weight is 278 g/mol. The third-order valence-corrected chi connectivity index (χ3v) is 3.61. The molecule has 6 heteroatoms. The Balaban J connectivity index is 1.95. The molecule has 0 spiro atoms. The number of hydrogen-bond donors (Lipinski definition) is 1. The van der Waals surface area contributed by atoms with Crippen molar-refractivity contribution in [3.8, 4) is 5.88 Å². The van der Waals surface area contributed by atoms with Crippen LogP contribution in [0.1, 0.15) is 37.4 Å². The van der Waals surface area contributed by atoms with Crippen molar-refractivity contribution >= 4 is 16.5 Å². The van der Waals surface area contributed by atoms with Crippen molar-refractivity contribution < 1.29 is 4.74 Å². The number of ether oxygens (including phenoxy) is 1. The fraction of sp³-hybridized carbons (Fsp3) is 0.462. The molecule has 5 nitrogen and oxygen atoms in total. The molecule has 0 aliphatic heterocycles. The van der Waals surface area contributed by atoms with Crippen LogP contribution in [0.3, 0.4) is 0 Å². The van der Waals surface area contributed by atoms with Gasteiger partial charge in [0, 0.05) is 12.0 Å². The van der Waals surface area contributed by atoms with Gasteiger partial charge < -0.3 is 10.1 Å². The zero-order chi connectivity index (χ0) is 13.7. The number of nitrogens with zero attached hydrogens (tertiary/aromatic N) is 3. The van der Waals surface area contributed by atoms with Gasteiger partial charge >= 0.3 is 0 Å². The first-order valence-electron chi connectivity index (χ1n) is 6.35. The number of rotatable bonds is 6. The molecular formula is C13H18N4OS. The minimum Gasteiger partial charge on any atom is -0.478 e. The molecule has 0 bridgehead atoms. The topological polar surface area (TPSA) is 59.9 Å². The van der Waals surface area contributed by atoms with E-state index in [4.69, 9.17) is 4.74 Å². The number of hydrogen-bond acceptors (Lipinski definition) is 6. The molecule has 19 heavy (non-hydrogen) atoms. The fourth-order valence-corrected chi connectivity index (χ4v) is 2.23. The van der Waals surface area contributed by atoms with Crippen molar-refractivity contribution in [1.29, 1.82) is 0 Å². The van der Waals surface area contributed by atoms with E-state index in [-0.39, 0.29) is 0 Å². The molecule has 0 fully saturated rings. The van der Waals surface area contributed by atoms with Gasteiger partial charge in [-0.05, 0) is 13.0 Å². The van der Waals surface area contributed by atoms with Gasteiger partial charge in [-0.1, -0.05) is 31.3 Å². The van der Waals surface area contributed by atoms with Crippen molar-refractivity contribution in [2.75, 3.05) is 11.9 Å². The summed E-state index contributed by atoms with van der Waals surface area (Å²) in [4.78, 5) is 4.39. The molecule has 0 aliphatic carbocycles. The SMILES string of the molecule is CCOc1cccc(CNc2nnc(C(C)C)s2)n1. The third-order valence-electron chi connectivity index (χ3n) is 2.43. The maximum atomic E-state index is 5.37. The summed E-state index contributed by atoms with van der Waals surface area (Å²) in [7, 11) is 0. The van der Waals surface area contributed by atoms with Gasteiger partial charge in [-0.25, -0.2) is 4.98 Å². The van der Waals surface area contributed by atoms with Crippen LogP contribution in [0.2, 0.25) is 0 Å². The summed E-state index contributed by atoms with van der Waals surface area (Å²) in [5.74, 6) is 1.06. The van der Waals surface area contributed by atoms with E-state index < -0.39 is 0 Å². The Labute approximate surface area is 117 Å². The molecule has 0 radical (unpaired) electrons. The van der Waals surface area contributed by atoms with Gasteiger partial charge in [-0.2, -0.15) is 0 Å². The highest BCUT2D eigenvalue weighted by Gasteiger charge is 2.07. The van der Waals surface area contributed by atoms with E-state index >= 15 is 0 Å². The summed E-state index contributed by atoms with van der Waals surface area (Å²) in [5, 5.41) is 13.3. The molecule has 0 aliphatic rings. The summed E-state index contributed by atoms with van der Waals surface area (Å²) >= 11 is 1.58. The lowest BCUT2D eigenvalue weighted by atomic mass is 10.2. The highest BCUT2D eigenvalue weighted by Crippen LogP contribution is 2.22. The van der Waals surface area contributed by atoms with E-state index in [9.17, 15) is 0 Å². The van der Waals surface area contributed by atoms with Crippen LogP contribution in [0.25, 0.3) is 0 Å². The Morgan fingerprint density at radius 3 is 2.84 bits per heavy atom. The summed E-state index contributed by atoms with van der Waals surface area (Å²) in [6.07, 6.45) is 0. The quantitative estimate of drug-likeness (QED) is 0.880. The van der Waals surface area contributed by atoms with Crippen molar-refractivity contribution in [1.82, 2.24) is 15.2 Å². The molecule has 0 saturated heterocycles. The van der Waals surface area contributed by atoms with Gasteiger partial charge in [0.1, 0.15) is 5.01 Å². The van der Waals surface area contributed by atoms with Gasteiger partial charge in [-0.15, -0.1) is 10.2 Å². The molecule has 2 aromatic rings. The lowest BCUT2D eigenvalue weighted by Crippen LogP contribution is -2.03. The molecule has 1 N–H and O–H groups in total. The smallest absolute Gasteiger partial charge is 0.213 e. The second-order valence-corrected chi connectivity index (χ2v) is 5.36. The van der Waals surface area contributed by atoms with Crippen LogP contribution < -0.4 is 10.1 Å². The van der Waals surface area contributed by atoms with Crippen molar-refractivity contribution in [2.45, 2.75) is 33.2 Å². The first-order valence-corrected chi connectivity index (χ1v) is 7.16. The molecule has 0 aromatic carbocycles. The van der Waals surface area contributed by atoms with Crippen molar-refractivity contribution in [3.05, 3.63) is 28.9 Å². The molecule has 2 rings (SSSR count). The second kappa shape index (κ2) is 6.47. The van der Waals surface area contributed by atoms with Crippen molar-refractivity contribution in [3.63, 3.8) is 0 Å². The van der Waals surface area contributed by atoms with Crippen LogP contribution in [-0.4, -0.2) is 21.8 Å². The highest BCUT2D eigenvalue weighted by atomic mass is 32.1. The molecule has 2 aromatic heterocycles. The predicted molar refractivity (Wildman–Crippen MR) is 76.7 cm³/mol. The number of pyridine rings is 1. The van der Waals surface area contributed by atoms with Gasteiger partial charge in [0.25, 0.3) is 0 Å². The lowest BCUT2D eigenvalue weighted by molar-refractivity contribution is 0.326. The summed E-state index contributed by atoms with van der Waals surface area (Å²) < 4.78 is 5.37. The van der Waals surface area contributed by atoms with Crippen LogP contribution in [0.5, 0.6) is 5.88 Å². The van der Waals surface area contributed by atoms with Crippen molar-refractivity contribution in [2.24, 2.45) is 0 Å². The highest BCUT2D eigenvalue weighted by molar-refractivity contribution is 7.15. The number of anilines is 1. The number of aromatic nitrogens is 3. The van der Waals surface area contributed by atoms with Crippen LogP contribution in [0.15, 0.2) is 18.2 Å². The Morgan fingerprint density at radius 2 is 2.16 bits per heavy atom. The maximum absolute atomic E-state index is 5.37. The molecule has 2 heterocycles. The van der Waals surface area contributed by atoms with E-state index in [0.717, 1.165) is 15.8 Å². The lowest BCUT2D eigenvalue weighted by Gasteiger charge is -2.05. The first kappa shape index (κ1) is 13.7. The normalized spacial score (nSPS) is 10.7. The predicted octanol–water partition coefficient (Wildman–Crippen LogP) is 3.07. The summed E-state index contributed by atoms with van der Waals surface area (Å²) in [6, 6.07) is 5.75. The van der Waals surface area contributed by atoms with Gasteiger partial charge in [-0.3, -0.25) is 0 Å². The van der Waals surface area contributed by atoms with Crippen LogP contribution >= 0.6 is 11.3 Å². The Hall–Kier alpha value is -1.69. The Morgan fingerprint density at radius 1 is 1.32 bits per heavy atom. The monoisotopic (exact) mass is 278 g/mol. The van der Waals surface area contributed by atoms with E-state index in [1.807, 2.05) is 25.1 Å². The maximum Gasteiger partial charge on any atom is 0.213 e. The standard InChI is InChI=1S/C13H18N4OS/c1-4-18-11-7-5-6-10(15-11)8-14-13-17-16-12(19-13)9(2)3/h5-7,9H,4,8H2,1-3H3,(H,14,17). The second-order valence-electron chi connectivity index (χ2n) is 4.35. The largest absolute Gasteiger partial charge is 0.478 e. The summed E-state index contributed by atoms with van der Waals surface area (Å²) in [5.41, 5.74) is 0.923. The molecular weight excluding hydrogens is 260 g/mol. The van der Waals surface area contributed by atoms with Crippen LogP contribution in [-0.2, 0) is 6.54 Å². The molecule has 0 unspecified atom stereocenters. The third kappa shape index (κ3) is 3.89. The number of nitrogens with one attached hydrogen (secondary N) is 1.